The van der Waals surface area contributed by atoms with Gasteiger partial charge in [-0.05, 0) is 37.1 Å². The molecule has 0 spiro atoms. The molecule has 0 saturated carbocycles. The molecule has 0 amide bonds. The summed E-state index contributed by atoms with van der Waals surface area (Å²) in [5.41, 5.74) is 7.55. The minimum absolute atomic E-state index is 0.263. The van der Waals surface area contributed by atoms with Crippen LogP contribution < -0.4 is 15.2 Å². The van der Waals surface area contributed by atoms with E-state index in [1.54, 1.807) is 4.68 Å². The molecule has 0 bridgehead atoms. The largest absolute Gasteiger partial charge is 0.494 e. The van der Waals surface area contributed by atoms with Gasteiger partial charge in [-0.15, -0.1) is 0 Å². The van der Waals surface area contributed by atoms with Crippen LogP contribution in [0, 0.1) is 0 Å². The monoisotopic (exact) mass is 275 g/mol. The molecule has 2 rings (SSSR count). The number of nitrogen functional groups attached to an aromatic ring is 1. The average molecular weight is 275 g/mol. The first-order chi connectivity index (χ1) is 9.52. The smallest absolute Gasteiger partial charge is 0.241 e. The Balaban J connectivity index is 2.21. The van der Waals surface area contributed by atoms with Gasteiger partial charge in [-0.1, -0.05) is 13.8 Å². The highest BCUT2D eigenvalue weighted by molar-refractivity contribution is 5.55. The zero-order chi connectivity index (χ0) is 14.7. The maximum absolute atomic E-state index is 6.10. The van der Waals surface area contributed by atoms with Crippen LogP contribution in [0.1, 0.15) is 32.4 Å². The summed E-state index contributed by atoms with van der Waals surface area (Å²) in [4.78, 5) is 0. The van der Waals surface area contributed by atoms with Crippen molar-refractivity contribution in [1.82, 2.24) is 9.78 Å². The molecular formula is C15H21N3O2. The summed E-state index contributed by atoms with van der Waals surface area (Å²) in [5.74, 6) is 2.36. The van der Waals surface area contributed by atoms with Gasteiger partial charge in [0.1, 0.15) is 17.2 Å². The van der Waals surface area contributed by atoms with Crippen molar-refractivity contribution in [2.45, 2.75) is 26.7 Å². The summed E-state index contributed by atoms with van der Waals surface area (Å²) in [6.45, 7) is 6.71. The number of nitrogens with two attached hydrogens (primary N) is 1. The van der Waals surface area contributed by atoms with E-state index in [9.17, 15) is 0 Å². The van der Waals surface area contributed by atoms with Gasteiger partial charge in [-0.2, -0.15) is 5.10 Å². The van der Waals surface area contributed by atoms with E-state index in [2.05, 4.69) is 18.9 Å². The maximum atomic E-state index is 6.10. The van der Waals surface area contributed by atoms with Crippen LogP contribution in [0.25, 0.3) is 0 Å². The lowest BCUT2D eigenvalue weighted by molar-refractivity contribution is 0.339. The summed E-state index contributed by atoms with van der Waals surface area (Å²) in [6, 6.07) is 7.45. The third-order valence-electron chi connectivity index (χ3n) is 2.95. The quantitative estimate of drug-likeness (QED) is 0.909. The Morgan fingerprint density at radius 2 is 1.80 bits per heavy atom. The summed E-state index contributed by atoms with van der Waals surface area (Å²) in [7, 11) is 1.83. The molecule has 2 N–H and O–H groups in total. The first-order valence-electron chi connectivity index (χ1n) is 6.76. The number of aryl methyl sites for hydroxylation is 1. The Kier molecular flexibility index (Phi) is 4.17. The standard InChI is InChI=1S/C15H21N3O2/c1-5-19-11-6-8-12(9-7-11)20-15-13(16)14(10(2)3)17-18(15)4/h6-10H,5,16H2,1-4H3. The van der Waals surface area contributed by atoms with Gasteiger partial charge in [0.2, 0.25) is 5.88 Å². The molecule has 0 fully saturated rings. The summed E-state index contributed by atoms with van der Waals surface area (Å²) in [5, 5.41) is 4.39. The molecule has 0 aliphatic carbocycles. The zero-order valence-corrected chi connectivity index (χ0v) is 12.4. The number of rotatable bonds is 5. The van der Waals surface area contributed by atoms with Crippen molar-refractivity contribution in [2.75, 3.05) is 12.3 Å². The van der Waals surface area contributed by atoms with E-state index in [1.807, 2.05) is 38.2 Å². The van der Waals surface area contributed by atoms with Gasteiger partial charge in [0.25, 0.3) is 0 Å². The molecule has 5 heteroatoms. The minimum Gasteiger partial charge on any atom is -0.494 e. The van der Waals surface area contributed by atoms with Crippen LogP contribution in [0.3, 0.4) is 0 Å². The van der Waals surface area contributed by atoms with Crippen molar-refractivity contribution in [3.8, 4) is 17.4 Å². The number of benzene rings is 1. The van der Waals surface area contributed by atoms with E-state index < -0.39 is 0 Å². The number of hydrogen-bond donors (Lipinski definition) is 1. The first kappa shape index (κ1) is 14.2. The van der Waals surface area contributed by atoms with Gasteiger partial charge in [-0.25, -0.2) is 4.68 Å². The Labute approximate surface area is 119 Å². The van der Waals surface area contributed by atoms with Crippen LogP contribution in [-0.2, 0) is 7.05 Å². The SMILES string of the molecule is CCOc1ccc(Oc2c(N)c(C(C)C)nn2C)cc1. The van der Waals surface area contributed by atoms with E-state index in [-0.39, 0.29) is 5.92 Å². The summed E-state index contributed by atoms with van der Waals surface area (Å²) in [6.07, 6.45) is 0. The Morgan fingerprint density at radius 1 is 1.20 bits per heavy atom. The first-order valence-corrected chi connectivity index (χ1v) is 6.76. The highest BCUT2D eigenvalue weighted by Crippen LogP contribution is 2.33. The second-order valence-corrected chi connectivity index (χ2v) is 4.89. The molecule has 1 aromatic heterocycles. The predicted octanol–water partition coefficient (Wildman–Crippen LogP) is 3.32. The molecule has 1 heterocycles. The van der Waals surface area contributed by atoms with Gasteiger partial charge in [-0.3, -0.25) is 0 Å². The number of ether oxygens (including phenoxy) is 2. The number of nitrogens with zero attached hydrogens (tertiary/aromatic N) is 2. The van der Waals surface area contributed by atoms with Crippen LogP contribution in [-0.4, -0.2) is 16.4 Å². The topological polar surface area (TPSA) is 62.3 Å². The van der Waals surface area contributed by atoms with Gasteiger partial charge in [0.15, 0.2) is 0 Å². The van der Waals surface area contributed by atoms with Crippen LogP contribution in [0.4, 0.5) is 5.69 Å². The highest BCUT2D eigenvalue weighted by atomic mass is 16.5. The van der Waals surface area contributed by atoms with Gasteiger partial charge >= 0.3 is 0 Å². The molecule has 0 radical (unpaired) electrons. The van der Waals surface area contributed by atoms with Gasteiger partial charge in [0, 0.05) is 7.05 Å². The Bertz CT molecular complexity index is 574. The van der Waals surface area contributed by atoms with Gasteiger partial charge in [0.05, 0.1) is 12.3 Å². The predicted molar refractivity (Wildman–Crippen MR) is 79.4 cm³/mol. The van der Waals surface area contributed by atoms with E-state index in [4.69, 9.17) is 15.2 Å². The minimum atomic E-state index is 0.263. The molecule has 5 nitrogen and oxygen atoms in total. The molecule has 20 heavy (non-hydrogen) atoms. The second-order valence-electron chi connectivity index (χ2n) is 4.89. The van der Waals surface area contributed by atoms with Crippen molar-refractivity contribution in [3.05, 3.63) is 30.0 Å². The molecule has 2 aromatic rings. The molecule has 0 saturated heterocycles. The third kappa shape index (κ3) is 2.87. The maximum Gasteiger partial charge on any atom is 0.241 e. The lowest BCUT2D eigenvalue weighted by atomic mass is 10.1. The van der Waals surface area contributed by atoms with Crippen LogP contribution in [0.2, 0.25) is 0 Å². The van der Waals surface area contributed by atoms with Crippen molar-refractivity contribution in [2.24, 2.45) is 7.05 Å². The van der Waals surface area contributed by atoms with Crippen molar-refractivity contribution in [1.29, 1.82) is 0 Å². The Morgan fingerprint density at radius 3 is 2.30 bits per heavy atom. The normalized spacial score (nSPS) is 10.8. The fourth-order valence-corrected chi connectivity index (χ4v) is 1.97. The van der Waals surface area contributed by atoms with Crippen LogP contribution >= 0.6 is 0 Å². The number of anilines is 1. The zero-order valence-electron chi connectivity index (χ0n) is 12.4. The number of aromatic nitrogens is 2. The Hall–Kier alpha value is -2.17. The van der Waals surface area contributed by atoms with Crippen LogP contribution in [0.15, 0.2) is 24.3 Å². The highest BCUT2D eigenvalue weighted by Gasteiger charge is 2.17. The third-order valence-corrected chi connectivity index (χ3v) is 2.95. The van der Waals surface area contributed by atoms with E-state index >= 15 is 0 Å². The second kappa shape index (κ2) is 5.86. The van der Waals surface area contributed by atoms with E-state index in [0.717, 1.165) is 11.4 Å². The molecule has 1 aromatic carbocycles. The molecule has 0 aliphatic heterocycles. The number of hydrogen-bond acceptors (Lipinski definition) is 4. The molecule has 0 unspecified atom stereocenters. The van der Waals surface area contributed by atoms with Crippen molar-refractivity contribution >= 4 is 5.69 Å². The lowest BCUT2D eigenvalue weighted by Crippen LogP contribution is -1.97. The average Bonchev–Trinajstić information content (AvgIpc) is 2.69. The van der Waals surface area contributed by atoms with Crippen molar-refractivity contribution < 1.29 is 9.47 Å². The summed E-state index contributed by atoms with van der Waals surface area (Å²) < 4.78 is 12.9. The fourth-order valence-electron chi connectivity index (χ4n) is 1.97. The lowest BCUT2D eigenvalue weighted by Gasteiger charge is -2.08. The molecule has 0 atom stereocenters. The summed E-state index contributed by atoms with van der Waals surface area (Å²) >= 11 is 0. The van der Waals surface area contributed by atoms with Crippen LogP contribution in [0.5, 0.6) is 17.4 Å². The molecule has 0 aliphatic rings. The van der Waals surface area contributed by atoms with Crippen molar-refractivity contribution in [3.63, 3.8) is 0 Å². The van der Waals surface area contributed by atoms with E-state index in [1.165, 1.54) is 0 Å². The van der Waals surface area contributed by atoms with E-state index in [0.29, 0.717) is 23.9 Å². The van der Waals surface area contributed by atoms with Gasteiger partial charge < -0.3 is 15.2 Å². The molecule has 108 valence electrons. The fraction of sp³-hybridized carbons (Fsp3) is 0.400. The molecular weight excluding hydrogens is 254 g/mol.